The van der Waals surface area contributed by atoms with Crippen LogP contribution in [0.1, 0.15) is 11.4 Å². The van der Waals surface area contributed by atoms with E-state index in [4.69, 9.17) is 4.74 Å². The van der Waals surface area contributed by atoms with Gasteiger partial charge in [-0.1, -0.05) is 6.58 Å². The second kappa shape index (κ2) is 4.33. The van der Waals surface area contributed by atoms with Crippen LogP contribution in [-0.4, -0.2) is 17.1 Å². The summed E-state index contributed by atoms with van der Waals surface area (Å²) in [7, 11) is 1.53. The fourth-order valence-corrected chi connectivity index (χ4v) is 1.66. The van der Waals surface area contributed by atoms with Crippen LogP contribution in [0.5, 0.6) is 5.75 Å². The van der Waals surface area contributed by atoms with E-state index >= 15 is 0 Å². The average Bonchev–Trinajstić information content (AvgIpc) is 2.37. The van der Waals surface area contributed by atoms with Gasteiger partial charge in [-0.15, -0.1) is 0 Å². The molecule has 0 radical (unpaired) electrons. The number of fused-ring (bicyclic) bond motifs is 1. The third-order valence-corrected chi connectivity index (χ3v) is 2.62. The molecule has 18 heavy (non-hydrogen) atoms. The van der Waals surface area contributed by atoms with Gasteiger partial charge in [-0.25, -0.2) is 9.97 Å². The molecule has 2 aromatic rings. The highest BCUT2D eigenvalue weighted by molar-refractivity contribution is 5.76. The maximum Gasteiger partial charge on any atom is 0.309 e. The molecule has 94 valence electrons. The summed E-state index contributed by atoms with van der Waals surface area (Å²) >= 11 is 0. The Morgan fingerprint density at radius 2 is 2.00 bits per heavy atom. The summed E-state index contributed by atoms with van der Waals surface area (Å²) < 4.78 is 32.2. The van der Waals surface area contributed by atoms with Crippen LogP contribution in [0.4, 0.5) is 8.78 Å². The van der Waals surface area contributed by atoms with Gasteiger partial charge in [0, 0.05) is 6.07 Å². The molecule has 0 fully saturated rings. The van der Waals surface area contributed by atoms with E-state index in [2.05, 4.69) is 16.5 Å². The first-order valence-electron chi connectivity index (χ1n) is 5.32. The quantitative estimate of drug-likeness (QED) is 0.784. The normalized spacial score (nSPS) is 11.6. The number of rotatable bonds is 3. The molecule has 0 aliphatic carbocycles. The highest BCUT2D eigenvalue weighted by Gasteiger charge is 2.32. The van der Waals surface area contributed by atoms with Crippen molar-refractivity contribution in [2.24, 2.45) is 0 Å². The lowest BCUT2D eigenvalue weighted by Crippen LogP contribution is -2.14. The Kier molecular flexibility index (Phi) is 2.98. The minimum atomic E-state index is -3.18. The van der Waals surface area contributed by atoms with E-state index in [-0.39, 0.29) is 11.4 Å². The van der Waals surface area contributed by atoms with Crippen LogP contribution in [-0.2, 0) is 5.92 Å². The summed E-state index contributed by atoms with van der Waals surface area (Å²) in [6, 6.07) is 4.91. The molecule has 0 bridgehead atoms. The van der Waals surface area contributed by atoms with Crippen molar-refractivity contribution >= 4 is 11.0 Å². The minimum absolute atomic E-state index is 0.181. The second-order valence-corrected chi connectivity index (χ2v) is 3.84. The maximum atomic E-state index is 13.6. The van der Waals surface area contributed by atoms with Gasteiger partial charge in [0.15, 0.2) is 0 Å². The van der Waals surface area contributed by atoms with Gasteiger partial charge in [0.1, 0.15) is 11.4 Å². The van der Waals surface area contributed by atoms with Crippen LogP contribution >= 0.6 is 0 Å². The van der Waals surface area contributed by atoms with E-state index in [1.165, 1.54) is 14.0 Å². The third-order valence-electron chi connectivity index (χ3n) is 2.62. The van der Waals surface area contributed by atoms with Crippen molar-refractivity contribution in [3.8, 4) is 5.75 Å². The monoisotopic (exact) mass is 250 g/mol. The van der Waals surface area contributed by atoms with Crippen LogP contribution in [0.2, 0.25) is 0 Å². The van der Waals surface area contributed by atoms with Crippen molar-refractivity contribution in [1.29, 1.82) is 0 Å². The van der Waals surface area contributed by atoms with E-state index in [0.29, 0.717) is 22.9 Å². The predicted octanol–water partition coefficient (Wildman–Crippen LogP) is 3.22. The van der Waals surface area contributed by atoms with Crippen LogP contribution in [0, 0.1) is 6.92 Å². The summed E-state index contributed by atoms with van der Waals surface area (Å²) in [5.74, 6) is -2.56. The molecule has 1 heterocycles. The highest BCUT2D eigenvalue weighted by Crippen LogP contribution is 2.30. The Bertz CT molecular complexity index is 611. The molecule has 0 unspecified atom stereocenters. The number of benzene rings is 1. The molecule has 1 aromatic carbocycles. The van der Waals surface area contributed by atoms with Crippen molar-refractivity contribution in [2.45, 2.75) is 12.8 Å². The van der Waals surface area contributed by atoms with Crippen molar-refractivity contribution in [2.75, 3.05) is 7.11 Å². The van der Waals surface area contributed by atoms with E-state index in [1.807, 2.05) is 0 Å². The van der Waals surface area contributed by atoms with E-state index in [0.717, 1.165) is 0 Å². The van der Waals surface area contributed by atoms with Crippen molar-refractivity contribution in [3.05, 3.63) is 42.2 Å². The Morgan fingerprint density at radius 3 is 2.61 bits per heavy atom. The molecule has 0 saturated carbocycles. The first kappa shape index (κ1) is 12.4. The summed E-state index contributed by atoms with van der Waals surface area (Å²) in [5, 5.41) is 0. The van der Waals surface area contributed by atoms with E-state index in [1.54, 1.807) is 18.2 Å². The number of allylic oxidation sites excluding steroid dienone is 1. The molecule has 2 rings (SSSR count). The van der Waals surface area contributed by atoms with Crippen LogP contribution < -0.4 is 4.74 Å². The molecule has 0 aliphatic rings. The minimum Gasteiger partial charge on any atom is -0.497 e. The predicted molar refractivity (Wildman–Crippen MR) is 64.9 cm³/mol. The van der Waals surface area contributed by atoms with Gasteiger partial charge < -0.3 is 4.74 Å². The van der Waals surface area contributed by atoms with Crippen LogP contribution in [0.25, 0.3) is 11.0 Å². The molecule has 0 atom stereocenters. The summed E-state index contributed by atoms with van der Waals surface area (Å²) in [5.41, 5.74) is 0.740. The first-order chi connectivity index (χ1) is 8.47. The van der Waals surface area contributed by atoms with Crippen molar-refractivity contribution in [3.63, 3.8) is 0 Å². The Morgan fingerprint density at radius 1 is 1.28 bits per heavy atom. The lowest BCUT2D eigenvalue weighted by atomic mass is 10.1. The smallest absolute Gasteiger partial charge is 0.309 e. The van der Waals surface area contributed by atoms with Crippen LogP contribution in [0.15, 0.2) is 30.9 Å². The number of hydrogen-bond donors (Lipinski definition) is 0. The molecule has 0 aliphatic heterocycles. The number of ether oxygens (including phenoxy) is 1. The molecule has 3 nitrogen and oxygen atoms in total. The topological polar surface area (TPSA) is 35.0 Å². The van der Waals surface area contributed by atoms with Crippen molar-refractivity contribution < 1.29 is 13.5 Å². The van der Waals surface area contributed by atoms with Gasteiger partial charge in [0.2, 0.25) is 0 Å². The molecular formula is C13H12F2N2O. The van der Waals surface area contributed by atoms with Crippen molar-refractivity contribution in [1.82, 2.24) is 9.97 Å². The zero-order valence-electron chi connectivity index (χ0n) is 10.1. The lowest BCUT2D eigenvalue weighted by Gasteiger charge is -2.13. The third kappa shape index (κ3) is 2.03. The molecule has 0 spiro atoms. The van der Waals surface area contributed by atoms with Gasteiger partial charge in [0.25, 0.3) is 0 Å². The molecular weight excluding hydrogens is 238 g/mol. The number of methoxy groups -OCH3 is 1. The van der Waals surface area contributed by atoms with Crippen LogP contribution in [0.3, 0.4) is 0 Å². The number of hydrogen-bond acceptors (Lipinski definition) is 3. The molecule has 0 saturated heterocycles. The summed E-state index contributed by atoms with van der Waals surface area (Å²) in [6.45, 7) is 4.62. The van der Waals surface area contributed by atoms with Gasteiger partial charge in [-0.3, -0.25) is 0 Å². The van der Waals surface area contributed by atoms with Gasteiger partial charge in [-0.2, -0.15) is 8.78 Å². The zero-order chi connectivity index (χ0) is 13.3. The highest BCUT2D eigenvalue weighted by atomic mass is 19.3. The molecule has 0 amide bonds. The second-order valence-electron chi connectivity index (χ2n) is 3.84. The molecule has 1 aromatic heterocycles. The Labute approximate surface area is 103 Å². The number of aromatic nitrogens is 2. The number of aryl methyl sites for hydroxylation is 1. The number of alkyl halides is 2. The summed E-state index contributed by atoms with van der Waals surface area (Å²) in [4.78, 5) is 8.08. The molecule has 5 heteroatoms. The first-order valence-corrected chi connectivity index (χ1v) is 5.32. The van der Waals surface area contributed by atoms with Gasteiger partial charge in [-0.05, 0) is 25.1 Å². The fraction of sp³-hybridized carbons (Fsp3) is 0.231. The fourth-order valence-electron chi connectivity index (χ4n) is 1.66. The van der Waals surface area contributed by atoms with E-state index in [9.17, 15) is 8.78 Å². The van der Waals surface area contributed by atoms with Gasteiger partial charge in [0.05, 0.1) is 23.8 Å². The Hall–Kier alpha value is -2.04. The van der Waals surface area contributed by atoms with Gasteiger partial charge >= 0.3 is 5.92 Å². The number of halogens is 2. The molecule has 0 N–H and O–H groups in total. The van der Waals surface area contributed by atoms with E-state index < -0.39 is 5.92 Å². The lowest BCUT2D eigenvalue weighted by molar-refractivity contribution is 0.0468. The zero-order valence-corrected chi connectivity index (χ0v) is 10.1. The standard InChI is InChI=1S/C13H12F2N2O/c1-4-13(14,15)12-8(2)16-11-7-9(18-3)5-6-10(11)17-12/h4-7H,1H2,2-3H3. The SMILES string of the molecule is C=CC(F)(F)c1nc2ccc(OC)cc2nc1C. The maximum absolute atomic E-state index is 13.6. The largest absolute Gasteiger partial charge is 0.497 e. The number of nitrogens with zero attached hydrogens (tertiary/aromatic N) is 2. The Balaban J connectivity index is 2.67. The summed E-state index contributed by atoms with van der Waals surface area (Å²) in [6.07, 6.45) is 0.569. The average molecular weight is 250 g/mol.